The lowest BCUT2D eigenvalue weighted by molar-refractivity contribution is 0.158. The van der Waals surface area contributed by atoms with Gasteiger partial charge in [0.2, 0.25) is 0 Å². The first-order valence-corrected chi connectivity index (χ1v) is 9.87. The fourth-order valence-electron chi connectivity index (χ4n) is 3.91. The van der Waals surface area contributed by atoms with E-state index in [2.05, 4.69) is 40.0 Å². The maximum atomic E-state index is 5.23. The van der Waals surface area contributed by atoms with Crippen LogP contribution in [0.3, 0.4) is 0 Å². The van der Waals surface area contributed by atoms with E-state index in [1.54, 1.807) is 19.5 Å². The summed E-state index contributed by atoms with van der Waals surface area (Å²) in [4.78, 5) is 18.8. The zero-order valence-electron chi connectivity index (χ0n) is 16.6. The van der Waals surface area contributed by atoms with Crippen LogP contribution in [0.5, 0.6) is 0 Å². The number of benzene rings is 1. The summed E-state index contributed by atoms with van der Waals surface area (Å²) in [7, 11) is 3.92. The van der Waals surface area contributed by atoms with Gasteiger partial charge in [0.25, 0.3) is 0 Å². The van der Waals surface area contributed by atoms with Gasteiger partial charge in [-0.1, -0.05) is 12.1 Å². The highest BCUT2D eigenvalue weighted by Gasteiger charge is 2.28. The number of methoxy groups -OCH3 is 1. The van der Waals surface area contributed by atoms with E-state index in [1.807, 2.05) is 18.2 Å². The monoisotopic (exact) mass is 377 g/mol. The lowest BCUT2D eigenvalue weighted by atomic mass is 10.1. The van der Waals surface area contributed by atoms with Crippen LogP contribution in [0.25, 0.3) is 22.3 Å². The van der Waals surface area contributed by atoms with Crippen molar-refractivity contribution in [1.29, 1.82) is 0 Å². The van der Waals surface area contributed by atoms with Crippen molar-refractivity contribution >= 4 is 16.7 Å². The predicted molar refractivity (Wildman–Crippen MR) is 113 cm³/mol. The van der Waals surface area contributed by atoms with Gasteiger partial charge < -0.3 is 14.5 Å². The molecule has 2 aromatic heterocycles. The molecule has 6 nitrogen and oxygen atoms in total. The van der Waals surface area contributed by atoms with E-state index in [9.17, 15) is 0 Å². The third kappa shape index (κ3) is 3.98. The molecule has 28 heavy (non-hydrogen) atoms. The van der Waals surface area contributed by atoms with E-state index >= 15 is 0 Å². The van der Waals surface area contributed by atoms with Gasteiger partial charge in [-0.2, -0.15) is 0 Å². The molecule has 0 aliphatic carbocycles. The molecule has 0 N–H and O–H groups in total. The Kier molecular flexibility index (Phi) is 5.78. The minimum absolute atomic E-state index is 0.449. The number of nitrogens with zero attached hydrogens (tertiary/aromatic N) is 5. The fourth-order valence-corrected chi connectivity index (χ4v) is 3.91. The van der Waals surface area contributed by atoms with Gasteiger partial charge in [0.15, 0.2) is 5.82 Å². The third-order valence-electron chi connectivity index (χ3n) is 5.37. The van der Waals surface area contributed by atoms with Crippen molar-refractivity contribution in [2.75, 3.05) is 45.3 Å². The smallest absolute Gasteiger partial charge is 0.162 e. The van der Waals surface area contributed by atoms with Gasteiger partial charge in [-0.05, 0) is 44.2 Å². The van der Waals surface area contributed by atoms with Crippen molar-refractivity contribution in [2.24, 2.45) is 0 Å². The van der Waals surface area contributed by atoms with Crippen LogP contribution in [0.1, 0.15) is 12.8 Å². The summed E-state index contributed by atoms with van der Waals surface area (Å²) in [6.07, 6.45) is 5.94. The Morgan fingerprint density at radius 3 is 2.79 bits per heavy atom. The van der Waals surface area contributed by atoms with Gasteiger partial charge in [0.05, 0.1) is 12.1 Å². The molecule has 1 fully saturated rings. The summed E-state index contributed by atoms with van der Waals surface area (Å²) < 4.78 is 5.23. The fraction of sp³-hybridized carbons (Fsp3) is 0.409. The van der Waals surface area contributed by atoms with E-state index in [1.165, 1.54) is 12.8 Å². The van der Waals surface area contributed by atoms with Crippen molar-refractivity contribution in [2.45, 2.75) is 18.9 Å². The quantitative estimate of drug-likeness (QED) is 0.630. The molecular weight excluding hydrogens is 350 g/mol. The summed E-state index contributed by atoms with van der Waals surface area (Å²) in [5, 5.41) is 1.12. The summed E-state index contributed by atoms with van der Waals surface area (Å²) in [6.45, 7) is 3.73. The molecular formula is C22H27N5O. The van der Waals surface area contributed by atoms with Gasteiger partial charge >= 0.3 is 0 Å². The van der Waals surface area contributed by atoms with Crippen LogP contribution in [0, 0.1) is 0 Å². The largest absolute Gasteiger partial charge is 0.383 e. The molecule has 0 amide bonds. The number of likely N-dealkylation sites (N-methyl/N-ethyl adjacent to an activating group) is 1. The molecule has 146 valence electrons. The molecule has 1 atom stereocenters. The first kappa shape index (κ1) is 18.8. The molecule has 0 radical (unpaired) electrons. The van der Waals surface area contributed by atoms with Crippen molar-refractivity contribution < 1.29 is 4.74 Å². The second-order valence-electron chi connectivity index (χ2n) is 7.37. The average molecular weight is 377 g/mol. The zero-order chi connectivity index (χ0) is 19.3. The van der Waals surface area contributed by atoms with Crippen LogP contribution < -0.4 is 4.90 Å². The van der Waals surface area contributed by atoms with E-state index in [4.69, 9.17) is 14.7 Å². The molecule has 4 rings (SSSR count). The minimum atomic E-state index is 0.449. The average Bonchev–Trinajstić information content (AvgIpc) is 3.20. The van der Waals surface area contributed by atoms with Crippen molar-refractivity contribution in [3.8, 4) is 11.4 Å². The highest BCUT2D eigenvalue weighted by Crippen LogP contribution is 2.32. The van der Waals surface area contributed by atoms with Gasteiger partial charge in [-0.25, -0.2) is 9.97 Å². The molecule has 3 heterocycles. The van der Waals surface area contributed by atoms with Crippen LogP contribution in [-0.2, 0) is 4.74 Å². The molecule has 0 spiro atoms. The first-order valence-electron chi connectivity index (χ1n) is 9.87. The molecule has 3 aromatic rings. The topological polar surface area (TPSA) is 54.4 Å². The Balaban J connectivity index is 1.70. The van der Waals surface area contributed by atoms with Crippen molar-refractivity contribution in [3.05, 3.63) is 48.8 Å². The molecule has 1 aromatic carbocycles. The van der Waals surface area contributed by atoms with E-state index in [-0.39, 0.29) is 0 Å². The number of pyridine rings is 1. The molecule has 1 aliphatic heterocycles. The molecule has 6 heteroatoms. The number of fused-ring (bicyclic) bond motifs is 1. The number of rotatable bonds is 7. The molecule has 0 bridgehead atoms. The highest BCUT2D eigenvalue weighted by molar-refractivity contribution is 5.91. The van der Waals surface area contributed by atoms with E-state index < -0.39 is 0 Å². The van der Waals surface area contributed by atoms with Crippen LogP contribution in [0.15, 0.2) is 48.8 Å². The third-order valence-corrected chi connectivity index (χ3v) is 5.37. The lowest BCUT2D eigenvalue weighted by Gasteiger charge is -2.30. The Morgan fingerprint density at radius 1 is 1.14 bits per heavy atom. The lowest BCUT2D eigenvalue weighted by Crippen LogP contribution is -2.40. The Morgan fingerprint density at radius 2 is 1.96 bits per heavy atom. The Labute approximate surface area is 166 Å². The zero-order valence-corrected chi connectivity index (χ0v) is 16.6. The number of anilines is 1. The second kappa shape index (κ2) is 8.63. The van der Waals surface area contributed by atoms with Crippen LogP contribution in [0.4, 0.5) is 5.82 Å². The first-order chi connectivity index (χ1) is 13.8. The van der Waals surface area contributed by atoms with Crippen LogP contribution in [-0.4, -0.2) is 66.3 Å². The number of aromatic nitrogens is 3. The second-order valence-corrected chi connectivity index (χ2v) is 7.37. The molecule has 1 unspecified atom stereocenters. The number of hydrogen-bond donors (Lipinski definition) is 0. The van der Waals surface area contributed by atoms with Crippen LogP contribution >= 0.6 is 0 Å². The van der Waals surface area contributed by atoms with E-state index in [0.29, 0.717) is 6.04 Å². The number of para-hydroxylation sites is 1. The summed E-state index contributed by atoms with van der Waals surface area (Å²) in [6, 6.07) is 12.7. The maximum absolute atomic E-state index is 5.23. The van der Waals surface area contributed by atoms with Gasteiger partial charge in [0.1, 0.15) is 5.82 Å². The summed E-state index contributed by atoms with van der Waals surface area (Å²) in [5.41, 5.74) is 1.98. The van der Waals surface area contributed by atoms with Crippen molar-refractivity contribution in [3.63, 3.8) is 0 Å². The SMILES string of the molecule is COCCN(C)CC1CCCN1c1nc(-c2ccncc2)nc2ccccc12. The molecule has 1 aliphatic rings. The minimum Gasteiger partial charge on any atom is -0.383 e. The van der Waals surface area contributed by atoms with Crippen molar-refractivity contribution in [1.82, 2.24) is 19.9 Å². The summed E-state index contributed by atoms with van der Waals surface area (Å²) >= 11 is 0. The van der Waals surface area contributed by atoms with E-state index in [0.717, 1.165) is 54.3 Å². The van der Waals surface area contributed by atoms with Gasteiger partial charge in [0, 0.05) is 56.1 Å². The predicted octanol–water partition coefficient (Wildman–Crippen LogP) is 3.24. The Hall–Kier alpha value is -2.57. The number of hydrogen-bond acceptors (Lipinski definition) is 6. The van der Waals surface area contributed by atoms with Gasteiger partial charge in [-0.15, -0.1) is 0 Å². The standard InChI is InChI=1S/C22H27N5O/c1-26(14-15-28-2)16-18-6-5-13-27(18)22-19-7-3-4-8-20(19)24-21(25-22)17-9-11-23-12-10-17/h3-4,7-12,18H,5-6,13-16H2,1-2H3. The van der Waals surface area contributed by atoms with Crippen LogP contribution in [0.2, 0.25) is 0 Å². The molecule has 1 saturated heterocycles. The Bertz CT molecular complexity index is 917. The normalized spacial score (nSPS) is 17.0. The van der Waals surface area contributed by atoms with Gasteiger partial charge in [-0.3, -0.25) is 4.98 Å². The molecule has 0 saturated carbocycles. The number of ether oxygens (including phenoxy) is 1. The highest BCUT2D eigenvalue weighted by atomic mass is 16.5. The summed E-state index contributed by atoms with van der Waals surface area (Å²) in [5.74, 6) is 1.80. The maximum Gasteiger partial charge on any atom is 0.162 e.